The average Bonchev–Trinajstić information content (AvgIpc) is 3.35. The average molecular weight is 364 g/mol. The van der Waals surface area contributed by atoms with Gasteiger partial charge >= 0.3 is 0 Å². The molecule has 1 amide bonds. The molecule has 27 heavy (non-hydrogen) atoms. The van der Waals surface area contributed by atoms with Crippen molar-refractivity contribution in [2.75, 3.05) is 0 Å². The van der Waals surface area contributed by atoms with E-state index in [9.17, 15) is 9.18 Å². The summed E-state index contributed by atoms with van der Waals surface area (Å²) in [5.41, 5.74) is 1.40. The van der Waals surface area contributed by atoms with Gasteiger partial charge in [0.2, 0.25) is 5.91 Å². The van der Waals surface area contributed by atoms with Gasteiger partial charge in [-0.3, -0.25) is 9.48 Å². The predicted molar refractivity (Wildman–Crippen MR) is 99.3 cm³/mol. The minimum absolute atomic E-state index is 0.00144. The van der Waals surface area contributed by atoms with Crippen molar-refractivity contribution in [2.45, 2.75) is 37.3 Å². The zero-order valence-electron chi connectivity index (χ0n) is 14.9. The molecule has 0 saturated heterocycles. The van der Waals surface area contributed by atoms with Crippen molar-refractivity contribution >= 4 is 5.91 Å². The van der Waals surface area contributed by atoms with E-state index in [1.165, 1.54) is 18.5 Å². The summed E-state index contributed by atoms with van der Waals surface area (Å²) in [5, 5.41) is 7.35. The van der Waals surface area contributed by atoms with E-state index in [0.717, 1.165) is 24.0 Å². The lowest BCUT2D eigenvalue weighted by atomic mass is 9.93. The van der Waals surface area contributed by atoms with E-state index >= 15 is 0 Å². The Morgan fingerprint density at radius 1 is 1.15 bits per heavy atom. The van der Waals surface area contributed by atoms with Crippen LogP contribution in [0.2, 0.25) is 0 Å². The number of nitrogens with one attached hydrogen (secondary N) is 1. The molecule has 1 atom stereocenters. The maximum absolute atomic E-state index is 13.2. The maximum atomic E-state index is 13.2. The third kappa shape index (κ3) is 3.74. The van der Waals surface area contributed by atoms with Crippen LogP contribution in [0.3, 0.4) is 0 Å². The number of halogens is 1. The molecule has 1 heterocycles. The molecule has 0 spiro atoms. The molecule has 0 radical (unpaired) electrons. The molecule has 5 nitrogen and oxygen atoms in total. The lowest BCUT2D eigenvalue weighted by molar-refractivity contribution is -0.124. The van der Waals surface area contributed by atoms with Crippen molar-refractivity contribution in [3.05, 3.63) is 84.2 Å². The van der Waals surface area contributed by atoms with Crippen LogP contribution in [-0.2, 0) is 16.8 Å². The molecule has 1 saturated carbocycles. The molecule has 0 aliphatic heterocycles. The minimum atomic E-state index is -0.534. The summed E-state index contributed by atoms with van der Waals surface area (Å²) in [6.07, 6.45) is 5.46. The summed E-state index contributed by atoms with van der Waals surface area (Å²) in [5.74, 6) is -0.286. The smallest absolute Gasteiger partial charge is 0.231 e. The van der Waals surface area contributed by atoms with Gasteiger partial charge in [0.05, 0.1) is 11.5 Å². The molecular formula is C21H21FN4O. The third-order valence-electron chi connectivity index (χ3n) is 5.20. The van der Waals surface area contributed by atoms with Crippen molar-refractivity contribution in [1.29, 1.82) is 0 Å². The Morgan fingerprint density at radius 2 is 1.89 bits per heavy atom. The molecule has 1 aliphatic rings. The normalized spacial score (nSPS) is 15.9. The number of carbonyl (C=O) groups excluding carboxylic acids is 1. The van der Waals surface area contributed by atoms with Gasteiger partial charge < -0.3 is 5.32 Å². The lowest BCUT2D eigenvalue weighted by Crippen LogP contribution is -2.37. The lowest BCUT2D eigenvalue weighted by Gasteiger charge is -2.23. The molecular weight excluding hydrogens is 343 g/mol. The summed E-state index contributed by atoms with van der Waals surface area (Å²) in [6.45, 7) is 0.656. The fourth-order valence-electron chi connectivity index (χ4n) is 3.45. The Labute approximate surface area is 157 Å². The van der Waals surface area contributed by atoms with Gasteiger partial charge in [-0.1, -0.05) is 42.5 Å². The summed E-state index contributed by atoms with van der Waals surface area (Å²) < 4.78 is 15.0. The van der Waals surface area contributed by atoms with E-state index in [1.807, 2.05) is 30.3 Å². The highest BCUT2D eigenvalue weighted by Crippen LogP contribution is 2.48. The second kappa shape index (κ2) is 7.31. The SMILES string of the molecule is O=C(N[C@@H](CCn1cncn1)c1ccccc1)C1(c2ccc(F)cc2)CC1. The van der Waals surface area contributed by atoms with Crippen molar-refractivity contribution in [3.63, 3.8) is 0 Å². The second-order valence-electron chi connectivity index (χ2n) is 6.97. The van der Waals surface area contributed by atoms with Gasteiger partial charge in [-0.2, -0.15) is 5.10 Å². The van der Waals surface area contributed by atoms with Gasteiger partial charge in [-0.25, -0.2) is 9.37 Å². The van der Waals surface area contributed by atoms with Crippen LogP contribution >= 0.6 is 0 Å². The first-order valence-corrected chi connectivity index (χ1v) is 9.12. The van der Waals surface area contributed by atoms with Crippen LogP contribution in [0.1, 0.15) is 36.4 Å². The van der Waals surface area contributed by atoms with E-state index in [4.69, 9.17) is 0 Å². The molecule has 0 bridgehead atoms. The standard InChI is InChI=1S/C21H21FN4O/c22-18-8-6-17(7-9-18)21(11-12-21)20(27)25-19(16-4-2-1-3-5-16)10-13-26-15-23-14-24-26/h1-9,14-15,19H,10-13H2,(H,25,27)/t19-/m0/s1. The second-order valence-corrected chi connectivity index (χ2v) is 6.97. The first kappa shape index (κ1) is 17.4. The van der Waals surface area contributed by atoms with Gasteiger partial charge in [0.15, 0.2) is 0 Å². The van der Waals surface area contributed by atoms with Gasteiger partial charge in [-0.05, 0) is 42.5 Å². The van der Waals surface area contributed by atoms with E-state index in [-0.39, 0.29) is 17.8 Å². The van der Waals surface area contributed by atoms with E-state index in [0.29, 0.717) is 13.0 Å². The van der Waals surface area contributed by atoms with Gasteiger partial charge in [0, 0.05) is 6.54 Å². The Balaban J connectivity index is 1.52. The number of benzene rings is 2. The summed E-state index contributed by atoms with van der Waals surface area (Å²) in [6, 6.07) is 16.1. The maximum Gasteiger partial charge on any atom is 0.231 e. The number of hydrogen-bond donors (Lipinski definition) is 1. The highest BCUT2D eigenvalue weighted by atomic mass is 19.1. The largest absolute Gasteiger partial charge is 0.348 e. The van der Waals surface area contributed by atoms with Crippen molar-refractivity contribution in [3.8, 4) is 0 Å². The zero-order chi connectivity index (χ0) is 18.7. The Bertz CT molecular complexity index is 890. The van der Waals surface area contributed by atoms with Gasteiger partial charge in [-0.15, -0.1) is 0 Å². The molecule has 138 valence electrons. The van der Waals surface area contributed by atoms with Crippen LogP contribution in [0, 0.1) is 5.82 Å². The first-order valence-electron chi connectivity index (χ1n) is 9.12. The molecule has 1 N–H and O–H groups in total. The van der Waals surface area contributed by atoms with Crippen LogP contribution in [0.25, 0.3) is 0 Å². The number of carbonyl (C=O) groups is 1. The molecule has 6 heteroatoms. The fourth-order valence-corrected chi connectivity index (χ4v) is 3.45. The summed E-state index contributed by atoms with van der Waals surface area (Å²) >= 11 is 0. The molecule has 3 aromatic rings. The Kier molecular flexibility index (Phi) is 4.71. The summed E-state index contributed by atoms with van der Waals surface area (Å²) in [4.78, 5) is 17.1. The number of aryl methyl sites for hydroxylation is 1. The van der Waals surface area contributed by atoms with Crippen LogP contribution in [0.15, 0.2) is 67.3 Å². The highest BCUT2D eigenvalue weighted by molar-refractivity contribution is 5.91. The van der Waals surface area contributed by atoms with Crippen molar-refractivity contribution < 1.29 is 9.18 Å². The zero-order valence-corrected chi connectivity index (χ0v) is 14.9. The van der Waals surface area contributed by atoms with Crippen LogP contribution in [-0.4, -0.2) is 20.7 Å². The molecule has 4 rings (SSSR count). The molecule has 1 aromatic heterocycles. The molecule has 0 unspecified atom stereocenters. The van der Waals surface area contributed by atoms with Crippen LogP contribution < -0.4 is 5.32 Å². The third-order valence-corrected chi connectivity index (χ3v) is 5.20. The van der Waals surface area contributed by atoms with Crippen molar-refractivity contribution in [1.82, 2.24) is 20.1 Å². The number of hydrogen-bond acceptors (Lipinski definition) is 3. The minimum Gasteiger partial charge on any atom is -0.348 e. The number of rotatable bonds is 7. The Hall–Kier alpha value is -3.02. The fraction of sp³-hybridized carbons (Fsp3) is 0.286. The van der Waals surface area contributed by atoms with E-state index in [1.54, 1.807) is 23.1 Å². The van der Waals surface area contributed by atoms with E-state index < -0.39 is 5.41 Å². The first-order chi connectivity index (χ1) is 13.2. The number of aromatic nitrogens is 3. The highest BCUT2D eigenvalue weighted by Gasteiger charge is 2.51. The predicted octanol–water partition coefficient (Wildman–Crippen LogP) is 3.40. The van der Waals surface area contributed by atoms with Gasteiger partial charge in [0.25, 0.3) is 0 Å². The summed E-state index contributed by atoms with van der Waals surface area (Å²) in [7, 11) is 0. The van der Waals surface area contributed by atoms with Crippen molar-refractivity contribution in [2.24, 2.45) is 0 Å². The number of amides is 1. The van der Waals surface area contributed by atoms with Crippen LogP contribution in [0.5, 0.6) is 0 Å². The molecule has 1 fully saturated rings. The monoisotopic (exact) mass is 364 g/mol. The quantitative estimate of drug-likeness (QED) is 0.699. The molecule has 2 aromatic carbocycles. The topological polar surface area (TPSA) is 59.8 Å². The van der Waals surface area contributed by atoms with E-state index in [2.05, 4.69) is 15.4 Å². The molecule has 1 aliphatic carbocycles. The number of nitrogens with zero attached hydrogens (tertiary/aromatic N) is 3. The van der Waals surface area contributed by atoms with Gasteiger partial charge in [0.1, 0.15) is 18.5 Å². The van der Waals surface area contributed by atoms with Crippen LogP contribution in [0.4, 0.5) is 4.39 Å². The Morgan fingerprint density at radius 3 is 2.52 bits per heavy atom.